The lowest BCUT2D eigenvalue weighted by molar-refractivity contribution is 0.0948. The number of hydrogen-bond acceptors (Lipinski definition) is 3. The second-order valence-corrected chi connectivity index (χ2v) is 6.16. The van der Waals surface area contributed by atoms with Crippen LogP contribution in [0.4, 0.5) is 5.69 Å². The molecular weight excluding hydrogens is 300 g/mol. The lowest BCUT2D eigenvalue weighted by Crippen LogP contribution is -2.30. The van der Waals surface area contributed by atoms with Gasteiger partial charge in [0, 0.05) is 36.5 Å². The van der Waals surface area contributed by atoms with Crippen LogP contribution in [0.15, 0.2) is 30.6 Å². The van der Waals surface area contributed by atoms with E-state index in [1.165, 1.54) is 17.4 Å². The van der Waals surface area contributed by atoms with Gasteiger partial charge in [0.05, 0.1) is 11.8 Å². The molecule has 1 saturated heterocycles. The van der Waals surface area contributed by atoms with Gasteiger partial charge >= 0.3 is 0 Å². The van der Waals surface area contributed by atoms with E-state index < -0.39 is 0 Å². The number of nitrogens with zero attached hydrogens (tertiary/aromatic N) is 2. The molecule has 116 valence electrons. The zero-order chi connectivity index (χ0) is 15.5. The monoisotopic (exact) mass is 318 g/mol. The Labute approximate surface area is 134 Å². The molecule has 1 aromatic carbocycles. The molecule has 1 atom stereocenters. The molecular formula is C16H19ClN4O. The Hall–Kier alpha value is -2.01. The van der Waals surface area contributed by atoms with Crippen molar-refractivity contribution in [1.29, 1.82) is 0 Å². The van der Waals surface area contributed by atoms with E-state index in [0.29, 0.717) is 18.0 Å². The molecule has 0 radical (unpaired) electrons. The summed E-state index contributed by atoms with van der Waals surface area (Å²) in [6.45, 7) is 4.71. The Morgan fingerprint density at radius 2 is 2.41 bits per heavy atom. The van der Waals surface area contributed by atoms with Crippen LogP contribution in [0.25, 0.3) is 0 Å². The van der Waals surface area contributed by atoms with E-state index in [4.69, 9.17) is 11.6 Å². The Kier molecular flexibility index (Phi) is 4.34. The van der Waals surface area contributed by atoms with Crippen molar-refractivity contribution in [3.8, 4) is 0 Å². The van der Waals surface area contributed by atoms with Crippen LogP contribution in [-0.2, 0) is 0 Å². The SMILES string of the molecule is Cc1ccc(Cl)cc1N1CCC(CNC(=O)c2cn[nH]c2)C1. The molecule has 1 aromatic heterocycles. The maximum absolute atomic E-state index is 11.9. The van der Waals surface area contributed by atoms with Crippen LogP contribution in [0.1, 0.15) is 22.3 Å². The maximum atomic E-state index is 11.9. The predicted octanol–water partition coefficient (Wildman–Crippen LogP) is 2.63. The first kappa shape index (κ1) is 14.9. The summed E-state index contributed by atoms with van der Waals surface area (Å²) in [5.74, 6) is 0.375. The van der Waals surface area contributed by atoms with E-state index in [1.54, 1.807) is 6.20 Å². The Morgan fingerprint density at radius 1 is 1.55 bits per heavy atom. The second-order valence-electron chi connectivity index (χ2n) is 5.73. The Bertz CT molecular complexity index is 656. The van der Waals surface area contributed by atoms with Crippen LogP contribution in [0.5, 0.6) is 0 Å². The molecule has 22 heavy (non-hydrogen) atoms. The van der Waals surface area contributed by atoms with Gasteiger partial charge in [-0.15, -0.1) is 0 Å². The molecule has 6 heteroatoms. The Balaban J connectivity index is 1.56. The minimum Gasteiger partial charge on any atom is -0.371 e. The van der Waals surface area contributed by atoms with Crippen molar-refractivity contribution in [3.63, 3.8) is 0 Å². The first-order valence-electron chi connectivity index (χ1n) is 7.41. The van der Waals surface area contributed by atoms with Crippen molar-refractivity contribution in [3.05, 3.63) is 46.7 Å². The van der Waals surface area contributed by atoms with Gasteiger partial charge in [0.1, 0.15) is 0 Å². The minimum absolute atomic E-state index is 0.0777. The van der Waals surface area contributed by atoms with E-state index in [0.717, 1.165) is 24.5 Å². The maximum Gasteiger partial charge on any atom is 0.254 e. The highest BCUT2D eigenvalue weighted by Crippen LogP contribution is 2.29. The molecule has 0 saturated carbocycles. The van der Waals surface area contributed by atoms with Crippen LogP contribution >= 0.6 is 11.6 Å². The first-order chi connectivity index (χ1) is 10.6. The van der Waals surface area contributed by atoms with Gasteiger partial charge in [0.15, 0.2) is 0 Å². The van der Waals surface area contributed by atoms with Gasteiger partial charge in [0.25, 0.3) is 5.91 Å². The average Bonchev–Trinajstić information content (AvgIpc) is 3.18. The van der Waals surface area contributed by atoms with Gasteiger partial charge < -0.3 is 10.2 Å². The largest absolute Gasteiger partial charge is 0.371 e. The van der Waals surface area contributed by atoms with Gasteiger partial charge in [-0.3, -0.25) is 9.89 Å². The number of H-pyrrole nitrogens is 1. The van der Waals surface area contributed by atoms with Gasteiger partial charge in [-0.05, 0) is 37.0 Å². The van der Waals surface area contributed by atoms with Crippen LogP contribution < -0.4 is 10.2 Å². The molecule has 1 aliphatic rings. The molecule has 1 amide bonds. The zero-order valence-corrected chi connectivity index (χ0v) is 13.2. The number of carbonyl (C=O) groups is 1. The molecule has 3 rings (SSSR count). The highest BCUT2D eigenvalue weighted by Gasteiger charge is 2.24. The average molecular weight is 319 g/mol. The summed E-state index contributed by atoms with van der Waals surface area (Å²) in [5.41, 5.74) is 2.99. The van der Waals surface area contributed by atoms with Crippen molar-refractivity contribution < 1.29 is 4.79 Å². The molecule has 1 aliphatic heterocycles. The van der Waals surface area contributed by atoms with Crippen molar-refractivity contribution in [2.75, 3.05) is 24.5 Å². The van der Waals surface area contributed by atoms with Crippen molar-refractivity contribution in [2.45, 2.75) is 13.3 Å². The van der Waals surface area contributed by atoms with E-state index >= 15 is 0 Å². The number of benzene rings is 1. The zero-order valence-electron chi connectivity index (χ0n) is 12.5. The van der Waals surface area contributed by atoms with Gasteiger partial charge in [-0.2, -0.15) is 5.10 Å². The fraction of sp³-hybridized carbons (Fsp3) is 0.375. The summed E-state index contributed by atoms with van der Waals surface area (Å²) in [7, 11) is 0. The van der Waals surface area contributed by atoms with Crippen LogP contribution in [-0.4, -0.2) is 35.7 Å². The molecule has 0 bridgehead atoms. The number of carbonyl (C=O) groups excluding carboxylic acids is 1. The highest BCUT2D eigenvalue weighted by molar-refractivity contribution is 6.30. The number of aromatic amines is 1. The van der Waals surface area contributed by atoms with Crippen LogP contribution in [0.2, 0.25) is 5.02 Å². The number of halogens is 1. The summed E-state index contributed by atoms with van der Waals surface area (Å²) in [4.78, 5) is 14.3. The Morgan fingerprint density at radius 3 is 3.18 bits per heavy atom. The van der Waals surface area contributed by atoms with E-state index in [1.807, 2.05) is 18.2 Å². The molecule has 2 heterocycles. The molecule has 5 nitrogen and oxygen atoms in total. The van der Waals surface area contributed by atoms with Crippen LogP contribution in [0, 0.1) is 12.8 Å². The van der Waals surface area contributed by atoms with Gasteiger partial charge in [-0.1, -0.05) is 17.7 Å². The number of rotatable bonds is 4. The number of aromatic nitrogens is 2. The number of hydrogen-bond donors (Lipinski definition) is 2. The molecule has 1 fully saturated rings. The molecule has 1 unspecified atom stereocenters. The van der Waals surface area contributed by atoms with Gasteiger partial charge in [-0.25, -0.2) is 0 Å². The molecule has 2 N–H and O–H groups in total. The topological polar surface area (TPSA) is 61.0 Å². The number of amides is 1. The molecule has 0 spiro atoms. The molecule has 0 aliphatic carbocycles. The normalized spacial score (nSPS) is 17.7. The summed E-state index contributed by atoms with van der Waals surface area (Å²) in [6, 6.07) is 5.98. The van der Waals surface area contributed by atoms with E-state index in [9.17, 15) is 4.79 Å². The lowest BCUT2D eigenvalue weighted by atomic mass is 10.1. The second kappa shape index (κ2) is 6.40. The summed E-state index contributed by atoms with van der Waals surface area (Å²) in [5, 5.41) is 10.2. The van der Waals surface area contributed by atoms with Crippen LogP contribution in [0.3, 0.4) is 0 Å². The standard InChI is InChI=1S/C16H19ClN4O/c1-11-2-3-14(17)6-15(11)21-5-4-12(10-21)7-18-16(22)13-8-19-20-9-13/h2-3,6,8-9,12H,4-5,7,10H2,1H3,(H,18,22)(H,19,20). The van der Waals surface area contributed by atoms with Crippen molar-refractivity contribution in [2.24, 2.45) is 5.92 Å². The summed E-state index contributed by atoms with van der Waals surface area (Å²) in [6.07, 6.45) is 4.20. The third-order valence-electron chi connectivity index (χ3n) is 4.11. The van der Waals surface area contributed by atoms with Gasteiger partial charge in [0.2, 0.25) is 0 Å². The van der Waals surface area contributed by atoms with E-state index in [-0.39, 0.29) is 5.91 Å². The third-order valence-corrected chi connectivity index (χ3v) is 4.34. The fourth-order valence-electron chi connectivity index (χ4n) is 2.86. The fourth-order valence-corrected chi connectivity index (χ4v) is 3.02. The number of nitrogens with one attached hydrogen (secondary N) is 2. The van der Waals surface area contributed by atoms with Crippen molar-refractivity contribution in [1.82, 2.24) is 15.5 Å². The molecule has 2 aromatic rings. The van der Waals surface area contributed by atoms with E-state index in [2.05, 4.69) is 27.3 Å². The highest BCUT2D eigenvalue weighted by atomic mass is 35.5. The smallest absolute Gasteiger partial charge is 0.254 e. The minimum atomic E-state index is -0.0777. The summed E-state index contributed by atoms with van der Waals surface area (Å²) < 4.78 is 0. The lowest BCUT2D eigenvalue weighted by Gasteiger charge is -2.21. The summed E-state index contributed by atoms with van der Waals surface area (Å²) >= 11 is 6.10. The number of anilines is 1. The predicted molar refractivity (Wildman–Crippen MR) is 87.4 cm³/mol. The van der Waals surface area contributed by atoms with Crippen molar-refractivity contribution >= 4 is 23.2 Å². The quantitative estimate of drug-likeness (QED) is 0.911. The number of aryl methyl sites for hydroxylation is 1. The third kappa shape index (κ3) is 3.25. The first-order valence-corrected chi connectivity index (χ1v) is 7.79.